The van der Waals surface area contributed by atoms with Gasteiger partial charge in [-0.15, -0.1) is 0 Å². The molecule has 0 heterocycles. The summed E-state index contributed by atoms with van der Waals surface area (Å²) in [5.74, 6) is -0.466. The average molecular weight is 611 g/mol. The van der Waals surface area contributed by atoms with Gasteiger partial charge in [-0.05, 0) is 35.4 Å². The number of methoxy groups -OCH3 is 1. The second kappa shape index (κ2) is 16.3. The average Bonchev–Trinajstić information content (AvgIpc) is 3.05. The second-order valence-corrected chi connectivity index (χ2v) is 10.3. The smallest absolute Gasteiger partial charge is 0.408 e. The molecule has 0 bridgehead atoms. The van der Waals surface area contributed by atoms with Crippen LogP contribution in [0.3, 0.4) is 0 Å². The number of hydrogen-bond acceptors (Lipinski definition) is 6. The fourth-order valence-electron chi connectivity index (χ4n) is 4.76. The van der Waals surface area contributed by atoms with Crippen molar-refractivity contribution >= 4 is 40.3 Å². The number of nitrogens with two attached hydrogens (primary N) is 2. The molecule has 3 amide bonds. The maximum atomic E-state index is 13.7. The Morgan fingerprint density at radius 3 is 2.16 bits per heavy atom. The highest BCUT2D eigenvalue weighted by atomic mass is 16.5. The van der Waals surface area contributed by atoms with Crippen molar-refractivity contribution < 1.29 is 23.9 Å². The molecule has 234 valence electrons. The summed E-state index contributed by atoms with van der Waals surface area (Å²) in [6.45, 7) is 0.306. The number of nitrogens with one attached hydrogen (secondary N) is 3. The number of nitrogens with zero attached hydrogens (tertiary/aromatic N) is 1. The first kappa shape index (κ1) is 32.3. The van der Waals surface area contributed by atoms with Crippen LogP contribution < -0.4 is 32.2 Å². The van der Waals surface area contributed by atoms with E-state index in [2.05, 4.69) is 20.9 Å². The minimum absolute atomic E-state index is 0.0391. The van der Waals surface area contributed by atoms with Gasteiger partial charge in [0.05, 0.1) is 7.11 Å². The van der Waals surface area contributed by atoms with Crippen LogP contribution in [0.2, 0.25) is 0 Å². The van der Waals surface area contributed by atoms with E-state index in [0.29, 0.717) is 17.9 Å². The van der Waals surface area contributed by atoms with Gasteiger partial charge < -0.3 is 36.9 Å². The van der Waals surface area contributed by atoms with Crippen molar-refractivity contribution in [3.8, 4) is 5.75 Å². The van der Waals surface area contributed by atoms with Gasteiger partial charge in [-0.25, -0.2) is 4.79 Å². The molecule has 0 aliphatic rings. The zero-order chi connectivity index (χ0) is 32.0. The first-order valence-electron chi connectivity index (χ1n) is 14.6. The molecule has 45 heavy (non-hydrogen) atoms. The molecule has 0 aliphatic heterocycles. The molecule has 0 aliphatic carbocycles. The van der Waals surface area contributed by atoms with E-state index < -0.39 is 30.0 Å². The molecular weight excluding hydrogens is 572 g/mol. The van der Waals surface area contributed by atoms with Crippen LogP contribution in [0.25, 0.3) is 10.8 Å². The topological polar surface area (TPSA) is 170 Å². The van der Waals surface area contributed by atoms with Gasteiger partial charge in [0.2, 0.25) is 11.8 Å². The van der Waals surface area contributed by atoms with Crippen LogP contribution in [0.5, 0.6) is 5.75 Å². The maximum Gasteiger partial charge on any atom is 0.408 e. The third-order valence-electron chi connectivity index (χ3n) is 6.99. The van der Waals surface area contributed by atoms with Crippen LogP contribution in [0.4, 0.5) is 10.5 Å². The van der Waals surface area contributed by atoms with Crippen molar-refractivity contribution in [1.29, 1.82) is 0 Å². The summed E-state index contributed by atoms with van der Waals surface area (Å²) in [7, 11) is 1.56. The molecule has 7 N–H and O–H groups in total. The fourth-order valence-corrected chi connectivity index (χ4v) is 4.76. The van der Waals surface area contributed by atoms with Gasteiger partial charge in [-0.1, -0.05) is 84.9 Å². The number of carbonyl (C=O) groups is 3. The predicted octanol–water partition coefficient (Wildman–Crippen LogP) is 3.86. The third-order valence-corrected chi connectivity index (χ3v) is 6.99. The summed E-state index contributed by atoms with van der Waals surface area (Å²) in [6.07, 6.45) is 0.0621. The number of fused-ring (bicyclic) bond motifs is 1. The highest BCUT2D eigenvalue weighted by Crippen LogP contribution is 2.30. The zero-order valence-electron chi connectivity index (χ0n) is 25.1. The minimum atomic E-state index is -1.02. The molecule has 4 aromatic carbocycles. The Morgan fingerprint density at radius 2 is 1.47 bits per heavy atom. The lowest BCUT2D eigenvalue weighted by molar-refractivity contribution is -0.128. The van der Waals surface area contributed by atoms with Gasteiger partial charge in [0.25, 0.3) is 0 Å². The van der Waals surface area contributed by atoms with Crippen molar-refractivity contribution in [2.45, 2.75) is 38.0 Å². The second-order valence-electron chi connectivity index (χ2n) is 10.3. The number of carbonyl (C=O) groups excluding carboxylic acids is 3. The highest BCUT2D eigenvalue weighted by Gasteiger charge is 2.28. The Morgan fingerprint density at radius 1 is 0.800 bits per heavy atom. The van der Waals surface area contributed by atoms with Gasteiger partial charge in [-0.3, -0.25) is 14.6 Å². The van der Waals surface area contributed by atoms with Crippen LogP contribution in [-0.2, 0) is 27.4 Å². The molecule has 0 fully saturated rings. The van der Waals surface area contributed by atoms with Crippen molar-refractivity contribution in [1.82, 2.24) is 10.6 Å². The Balaban J connectivity index is 1.51. The summed E-state index contributed by atoms with van der Waals surface area (Å²) in [5, 5.41) is 10.2. The first-order valence-corrected chi connectivity index (χ1v) is 14.6. The standard InChI is InChI=1S/C34H38N6O5/c1-44-30-21-26(20-25-15-8-9-16-27(25)30)38-31(41)28(17-10-18-37-33(35)36)39-32(42)29(19-23-11-4-2-5-12-23)40-34(43)45-22-24-13-6-3-7-14-24/h2-9,11-16,20-21,28-29H,10,17-19,22H2,1H3,(H,38,41)(H,39,42)(H,40,43)(H4,35,36,37)/t28-,29-/m1/s1. The Hall–Kier alpha value is -5.58. The lowest BCUT2D eigenvalue weighted by Crippen LogP contribution is -2.53. The summed E-state index contributed by atoms with van der Waals surface area (Å²) < 4.78 is 10.9. The SMILES string of the molecule is COc1cc(NC(=O)[C@@H](CCCN=C(N)N)NC(=O)[C@@H](Cc2ccccc2)NC(=O)OCc2ccccc2)cc2ccccc12. The summed E-state index contributed by atoms with van der Waals surface area (Å²) in [6, 6.07) is 27.7. The van der Waals surface area contributed by atoms with Gasteiger partial charge in [0, 0.05) is 30.1 Å². The Bertz CT molecular complexity index is 1610. The predicted molar refractivity (Wildman–Crippen MR) is 175 cm³/mol. The van der Waals surface area contributed by atoms with Crippen molar-refractivity contribution in [3.63, 3.8) is 0 Å². The normalized spacial score (nSPS) is 11.9. The maximum absolute atomic E-state index is 13.7. The van der Waals surface area contributed by atoms with E-state index in [1.165, 1.54) is 0 Å². The number of amides is 3. The lowest BCUT2D eigenvalue weighted by atomic mass is 10.0. The molecule has 4 rings (SSSR count). The number of anilines is 1. The number of guanidine groups is 1. The molecule has 0 unspecified atom stereocenters. The summed E-state index contributed by atoms with van der Waals surface area (Å²) in [4.78, 5) is 44.1. The molecule has 0 radical (unpaired) electrons. The van der Waals surface area contributed by atoms with Gasteiger partial charge >= 0.3 is 6.09 Å². The first-order chi connectivity index (χ1) is 21.8. The fraction of sp³-hybridized carbons (Fsp3) is 0.235. The van der Waals surface area contributed by atoms with E-state index in [4.69, 9.17) is 20.9 Å². The van der Waals surface area contributed by atoms with E-state index in [1.807, 2.05) is 91.0 Å². The van der Waals surface area contributed by atoms with Gasteiger partial charge in [0.15, 0.2) is 5.96 Å². The molecule has 11 nitrogen and oxygen atoms in total. The third kappa shape index (κ3) is 9.99. The van der Waals surface area contributed by atoms with E-state index in [0.717, 1.165) is 21.9 Å². The number of benzene rings is 4. The minimum Gasteiger partial charge on any atom is -0.496 e. The van der Waals surface area contributed by atoms with Crippen LogP contribution in [0.1, 0.15) is 24.0 Å². The quantitative estimate of drug-likeness (QED) is 0.0820. The highest BCUT2D eigenvalue weighted by molar-refractivity contribution is 6.01. The van der Waals surface area contributed by atoms with E-state index in [9.17, 15) is 14.4 Å². The summed E-state index contributed by atoms with van der Waals surface area (Å²) >= 11 is 0. The molecule has 2 atom stereocenters. The monoisotopic (exact) mass is 610 g/mol. The van der Waals surface area contributed by atoms with Crippen molar-refractivity contribution in [2.75, 3.05) is 19.0 Å². The van der Waals surface area contributed by atoms with Crippen molar-refractivity contribution in [2.24, 2.45) is 16.5 Å². The number of ether oxygens (including phenoxy) is 2. The van der Waals surface area contributed by atoms with Crippen LogP contribution >= 0.6 is 0 Å². The lowest BCUT2D eigenvalue weighted by Gasteiger charge is -2.23. The van der Waals surface area contributed by atoms with Gasteiger partial charge in [0.1, 0.15) is 24.4 Å². The number of rotatable bonds is 14. The molecular formula is C34H38N6O5. The largest absolute Gasteiger partial charge is 0.496 e. The number of aliphatic imine (C=N–C) groups is 1. The Labute approximate surface area is 262 Å². The van der Waals surface area contributed by atoms with Crippen LogP contribution in [-0.4, -0.2) is 49.6 Å². The molecule has 0 saturated heterocycles. The van der Waals surface area contributed by atoms with Crippen LogP contribution in [0, 0.1) is 0 Å². The van der Waals surface area contributed by atoms with Crippen LogP contribution in [0.15, 0.2) is 102 Å². The molecule has 0 saturated carbocycles. The van der Waals surface area contributed by atoms with Gasteiger partial charge in [-0.2, -0.15) is 0 Å². The number of alkyl carbamates (subject to hydrolysis) is 1. The van der Waals surface area contributed by atoms with E-state index in [1.54, 1.807) is 13.2 Å². The molecule has 11 heteroatoms. The Kier molecular flexibility index (Phi) is 11.7. The molecule has 0 spiro atoms. The molecule has 0 aromatic heterocycles. The van der Waals surface area contributed by atoms with E-state index >= 15 is 0 Å². The van der Waals surface area contributed by atoms with Crippen molar-refractivity contribution in [3.05, 3.63) is 108 Å². The zero-order valence-corrected chi connectivity index (χ0v) is 25.1. The van der Waals surface area contributed by atoms with E-state index in [-0.39, 0.29) is 32.0 Å². The summed E-state index contributed by atoms with van der Waals surface area (Å²) in [5.41, 5.74) is 13.0. The molecule has 4 aromatic rings. The number of hydrogen-bond donors (Lipinski definition) is 5.